The van der Waals surface area contributed by atoms with E-state index in [0.717, 1.165) is 50.6 Å². The van der Waals surface area contributed by atoms with Gasteiger partial charge >= 0.3 is 0 Å². The van der Waals surface area contributed by atoms with Crippen LogP contribution in [-0.4, -0.2) is 37.2 Å². The van der Waals surface area contributed by atoms with Crippen LogP contribution in [0.25, 0.3) is 0 Å². The number of nitrogens with zero attached hydrogens (tertiary/aromatic N) is 1. The van der Waals surface area contributed by atoms with Crippen molar-refractivity contribution in [3.8, 4) is 11.5 Å². The van der Waals surface area contributed by atoms with E-state index in [0.29, 0.717) is 12.6 Å². The minimum Gasteiger partial charge on any atom is -0.490 e. The van der Waals surface area contributed by atoms with E-state index in [9.17, 15) is 0 Å². The molecular formula is C19H32N2O2. The summed E-state index contributed by atoms with van der Waals surface area (Å²) in [5, 5.41) is 0. The number of nitrogens with two attached hydrogens (primary N) is 1. The fraction of sp³-hybridized carbons (Fsp3) is 0.684. The lowest BCUT2D eigenvalue weighted by Crippen LogP contribution is -2.52. The van der Waals surface area contributed by atoms with Crippen molar-refractivity contribution in [3.63, 3.8) is 0 Å². The minimum atomic E-state index is 0.172. The maximum atomic E-state index is 6.23. The van der Waals surface area contributed by atoms with Crippen molar-refractivity contribution in [1.82, 2.24) is 4.90 Å². The number of ether oxygens (including phenoxy) is 2. The molecule has 130 valence electrons. The molecule has 1 atom stereocenters. The van der Waals surface area contributed by atoms with E-state index < -0.39 is 0 Å². The molecule has 0 spiro atoms. The molecule has 0 radical (unpaired) electrons. The van der Waals surface area contributed by atoms with Crippen LogP contribution < -0.4 is 15.2 Å². The molecule has 1 aromatic carbocycles. The number of likely N-dealkylation sites (tertiary alicyclic amines) is 1. The fourth-order valence-corrected chi connectivity index (χ4v) is 3.13. The zero-order valence-corrected chi connectivity index (χ0v) is 15.1. The average molecular weight is 320 g/mol. The highest BCUT2D eigenvalue weighted by atomic mass is 16.5. The Kier molecular flexibility index (Phi) is 6.31. The SMILES string of the molecule is CCCOc1ccc(CN2CCC(N)C(C)(C)C2)cc1OCC. The summed E-state index contributed by atoms with van der Waals surface area (Å²) < 4.78 is 11.5. The van der Waals surface area contributed by atoms with Crippen molar-refractivity contribution in [2.24, 2.45) is 11.1 Å². The summed E-state index contributed by atoms with van der Waals surface area (Å²) in [6, 6.07) is 6.60. The molecule has 0 aromatic heterocycles. The second-order valence-corrected chi connectivity index (χ2v) is 7.16. The van der Waals surface area contributed by atoms with Gasteiger partial charge in [0.25, 0.3) is 0 Å². The van der Waals surface area contributed by atoms with Crippen molar-refractivity contribution < 1.29 is 9.47 Å². The van der Waals surface area contributed by atoms with E-state index in [2.05, 4.69) is 37.8 Å². The van der Waals surface area contributed by atoms with Gasteiger partial charge in [0.2, 0.25) is 0 Å². The number of rotatable bonds is 7. The van der Waals surface area contributed by atoms with E-state index >= 15 is 0 Å². The monoisotopic (exact) mass is 320 g/mol. The van der Waals surface area contributed by atoms with Gasteiger partial charge in [-0.2, -0.15) is 0 Å². The topological polar surface area (TPSA) is 47.7 Å². The van der Waals surface area contributed by atoms with E-state index in [1.807, 2.05) is 13.0 Å². The lowest BCUT2D eigenvalue weighted by molar-refractivity contribution is 0.0898. The molecule has 1 fully saturated rings. The van der Waals surface area contributed by atoms with Gasteiger partial charge in [-0.3, -0.25) is 4.90 Å². The molecule has 4 heteroatoms. The molecule has 1 heterocycles. The summed E-state index contributed by atoms with van der Waals surface area (Å²) in [6.07, 6.45) is 2.06. The Morgan fingerprint density at radius 2 is 2.00 bits per heavy atom. The summed E-state index contributed by atoms with van der Waals surface area (Å²) in [4.78, 5) is 2.49. The largest absolute Gasteiger partial charge is 0.490 e. The standard InChI is InChI=1S/C19H32N2O2/c1-5-11-23-16-8-7-15(12-17(16)22-6-2)13-21-10-9-18(20)19(3,4)14-21/h7-8,12,18H,5-6,9-11,13-14,20H2,1-4H3. The Morgan fingerprint density at radius 3 is 2.65 bits per heavy atom. The number of hydrogen-bond acceptors (Lipinski definition) is 4. The molecule has 0 bridgehead atoms. The van der Waals surface area contributed by atoms with Gasteiger partial charge in [-0.05, 0) is 42.9 Å². The first kappa shape index (κ1) is 18.1. The zero-order chi connectivity index (χ0) is 16.9. The van der Waals surface area contributed by atoms with E-state index in [-0.39, 0.29) is 5.41 Å². The van der Waals surface area contributed by atoms with E-state index in [1.165, 1.54) is 5.56 Å². The van der Waals surface area contributed by atoms with Crippen LogP contribution in [0, 0.1) is 5.41 Å². The molecule has 1 saturated heterocycles. The van der Waals surface area contributed by atoms with Crippen LogP contribution in [0.4, 0.5) is 0 Å². The van der Waals surface area contributed by atoms with Gasteiger partial charge in [0, 0.05) is 25.7 Å². The molecule has 2 rings (SSSR count). The summed E-state index contributed by atoms with van der Waals surface area (Å²) >= 11 is 0. The van der Waals surface area contributed by atoms with Crippen LogP contribution in [0.15, 0.2) is 18.2 Å². The van der Waals surface area contributed by atoms with Gasteiger partial charge in [-0.25, -0.2) is 0 Å². The Hall–Kier alpha value is -1.26. The van der Waals surface area contributed by atoms with Crippen LogP contribution in [0.2, 0.25) is 0 Å². The third kappa shape index (κ3) is 4.85. The fourth-order valence-electron chi connectivity index (χ4n) is 3.13. The van der Waals surface area contributed by atoms with Crippen molar-refractivity contribution in [3.05, 3.63) is 23.8 Å². The van der Waals surface area contributed by atoms with Crippen molar-refractivity contribution in [2.75, 3.05) is 26.3 Å². The molecule has 23 heavy (non-hydrogen) atoms. The summed E-state index contributed by atoms with van der Waals surface area (Å²) in [6.45, 7) is 13.0. The van der Waals surface area contributed by atoms with Crippen LogP contribution in [0.5, 0.6) is 11.5 Å². The van der Waals surface area contributed by atoms with Gasteiger partial charge in [-0.1, -0.05) is 26.8 Å². The molecule has 1 unspecified atom stereocenters. The molecule has 0 saturated carbocycles. The normalized spacial score (nSPS) is 21.2. The predicted molar refractivity (Wildman–Crippen MR) is 95.0 cm³/mol. The van der Waals surface area contributed by atoms with E-state index in [1.54, 1.807) is 0 Å². The van der Waals surface area contributed by atoms with Crippen LogP contribution in [0.3, 0.4) is 0 Å². The molecule has 2 N–H and O–H groups in total. The van der Waals surface area contributed by atoms with Gasteiger partial charge in [0.1, 0.15) is 0 Å². The molecule has 1 aliphatic heterocycles. The highest BCUT2D eigenvalue weighted by Gasteiger charge is 2.33. The van der Waals surface area contributed by atoms with Crippen LogP contribution in [0.1, 0.15) is 46.1 Å². The Labute approximate surface area is 140 Å². The number of piperidine rings is 1. The Bertz CT molecular complexity index is 502. The number of hydrogen-bond donors (Lipinski definition) is 1. The number of benzene rings is 1. The second-order valence-electron chi connectivity index (χ2n) is 7.16. The first-order valence-corrected chi connectivity index (χ1v) is 8.82. The quantitative estimate of drug-likeness (QED) is 0.836. The predicted octanol–water partition coefficient (Wildman–Crippen LogP) is 3.43. The third-order valence-electron chi connectivity index (χ3n) is 4.57. The minimum absolute atomic E-state index is 0.172. The van der Waals surface area contributed by atoms with Crippen molar-refractivity contribution >= 4 is 0 Å². The first-order chi connectivity index (χ1) is 11.0. The molecule has 1 aromatic rings. The van der Waals surface area contributed by atoms with Gasteiger partial charge in [0.05, 0.1) is 13.2 Å². The molecule has 0 aliphatic carbocycles. The highest BCUT2D eigenvalue weighted by Crippen LogP contribution is 2.31. The first-order valence-electron chi connectivity index (χ1n) is 8.82. The summed E-state index contributed by atoms with van der Waals surface area (Å²) in [7, 11) is 0. The van der Waals surface area contributed by atoms with Crippen LogP contribution in [-0.2, 0) is 6.54 Å². The zero-order valence-electron chi connectivity index (χ0n) is 15.1. The maximum absolute atomic E-state index is 6.23. The van der Waals surface area contributed by atoms with Crippen molar-refractivity contribution in [1.29, 1.82) is 0 Å². The van der Waals surface area contributed by atoms with Gasteiger partial charge in [-0.15, -0.1) is 0 Å². The summed E-state index contributed by atoms with van der Waals surface area (Å²) in [5.41, 5.74) is 7.67. The van der Waals surface area contributed by atoms with Crippen molar-refractivity contribution in [2.45, 2.75) is 53.1 Å². The molecule has 0 amide bonds. The molecular weight excluding hydrogens is 288 g/mol. The maximum Gasteiger partial charge on any atom is 0.161 e. The van der Waals surface area contributed by atoms with Gasteiger partial charge < -0.3 is 15.2 Å². The lowest BCUT2D eigenvalue weighted by Gasteiger charge is -2.42. The summed E-state index contributed by atoms with van der Waals surface area (Å²) in [5.74, 6) is 1.70. The third-order valence-corrected chi connectivity index (χ3v) is 4.57. The second kappa shape index (κ2) is 8.02. The Balaban J connectivity index is 2.06. The average Bonchev–Trinajstić information content (AvgIpc) is 2.50. The Morgan fingerprint density at radius 1 is 1.22 bits per heavy atom. The molecule has 1 aliphatic rings. The van der Waals surface area contributed by atoms with Gasteiger partial charge in [0.15, 0.2) is 11.5 Å². The smallest absolute Gasteiger partial charge is 0.161 e. The lowest BCUT2D eigenvalue weighted by atomic mass is 9.79. The van der Waals surface area contributed by atoms with Crippen LogP contribution >= 0.6 is 0 Å². The highest BCUT2D eigenvalue weighted by molar-refractivity contribution is 5.43. The molecule has 4 nitrogen and oxygen atoms in total. The van der Waals surface area contributed by atoms with E-state index in [4.69, 9.17) is 15.2 Å².